The molecule has 4 rings (SSSR count). The third kappa shape index (κ3) is 1.97. The van der Waals surface area contributed by atoms with Crippen LogP contribution in [0.25, 0.3) is 4.96 Å². The molecule has 3 heterocycles. The van der Waals surface area contributed by atoms with E-state index in [-0.39, 0.29) is 0 Å². The molecule has 98 valence electrons. The van der Waals surface area contributed by atoms with Crippen molar-refractivity contribution in [3.8, 4) is 0 Å². The van der Waals surface area contributed by atoms with Gasteiger partial charge < -0.3 is 0 Å². The van der Waals surface area contributed by atoms with Crippen molar-refractivity contribution in [2.45, 2.75) is 38.5 Å². The van der Waals surface area contributed by atoms with Crippen molar-refractivity contribution in [2.24, 2.45) is 0 Å². The van der Waals surface area contributed by atoms with Gasteiger partial charge >= 0.3 is 0 Å². The molecule has 0 atom stereocenters. The monoisotopic (exact) mass is 291 g/mol. The second-order valence-corrected chi connectivity index (χ2v) is 7.01. The summed E-state index contributed by atoms with van der Waals surface area (Å²) < 4.78 is 1.93. The second-order valence-electron chi connectivity index (χ2n) is 4.91. The number of rotatable bonds is 3. The van der Waals surface area contributed by atoms with Gasteiger partial charge in [0.05, 0.1) is 10.7 Å². The van der Waals surface area contributed by atoms with Gasteiger partial charge in [-0.1, -0.05) is 17.8 Å². The van der Waals surface area contributed by atoms with Crippen LogP contribution in [-0.2, 0) is 6.42 Å². The highest BCUT2D eigenvalue weighted by Crippen LogP contribution is 2.35. The van der Waals surface area contributed by atoms with Crippen molar-refractivity contribution < 1.29 is 0 Å². The van der Waals surface area contributed by atoms with Gasteiger partial charge in [0.25, 0.3) is 0 Å². The lowest BCUT2D eigenvalue weighted by Crippen LogP contribution is -2.13. The maximum atomic E-state index is 4.65. The van der Waals surface area contributed by atoms with Crippen LogP contribution in [0.5, 0.6) is 0 Å². The quantitative estimate of drug-likeness (QED) is 0.744. The fourth-order valence-electron chi connectivity index (χ4n) is 2.31. The molecule has 3 aromatic heterocycles. The Balaban J connectivity index is 1.66. The molecule has 1 saturated carbocycles. The number of aromatic nitrogens is 5. The molecule has 5 nitrogen and oxygen atoms in total. The summed E-state index contributed by atoms with van der Waals surface area (Å²) in [4.78, 5) is 5.39. The Morgan fingerprint density at radius 2 is 2.26 bits per heavy atom. The van der Waals surface area contributed by atoms with Crippen LogP contribution in [0.4, 0.5) is 0 Å². The first-order valence-corrected chi connectivity index (χ1v) is 8.11. The van der Waals surface area contributed by atoms with Crippen LogP contribution in [0.15, 0.2) is 5.38 Å². The van der Waals surface area contributed by atoms with Gasteiger partial charge in [-0.05, 0) is 19.8 Å². The van der Waals surface area contributed by atoms with Crippen LogP contribution in [0, 0.1) is 6.92 Å². The lowest BCUT2D eigenvalue weighted by atomic mass is 9.85. The Bertz CT molecular complexity index is 721. The predicted octanol–water partition coefficient (Wildman–Crippen LogP) is 2.81. The molecule has 19 heavy (non-hydrogen) atoms. The van der Waals surface area contributed by atoms with E-state index in [1.54, 1.807) is 22.7 Å². The number of thiazole rings is 1. The van der Waals surface area contributed by atoms with E-state index in [4.69, 9.17) is 0 Å². The minimum Gasteiger partial charge on any atom is -0.246 e. The van der Waals surface area contributed by atoms with Crippen LogP contribution < -0.4 is 0 Å². The molecule has 1 fully saturated rings. The molecule has 1 aliphatic carbocycles. The Hall–Kier alpha value is -1.34. The van der Waals surface area contributed by atoms with Gasteiger partial charge in [0.1, 0.15) is 5.01 Å². The molecular weight excluding hydrogens is 278 g/mol. The second kappa shape index (κ2) is 4.35. The lowest BCUT2D eigenvalue weighted by Gasteiger charge is -2.22. The van der Waals surface area contributed by atoms with Crippen LogP contribution in [0.1, 0.15) is 46.7 Å². The van der Waals surface area contributed by atoms with Crippen molar-refractivity contribution >= 4 is 27.6 Å². The number of hydrogen-bond donors (Lipinski definition) is 0. The molecule has 1 aliphatic rings. The molecule has 0 saturated heterocycles. The highest BCUT2D eigenvalue weighted by molar-refractivity contribution is 7.16. The van der Waals surface area contributed by atoms with Crippen molar-refractivity contribution in [2.75, 3.05) is 0 Å². The van der Waals surface area contributed by atoms with Crippen LogP contribution in [0.3, 0.4) is 0 Å². The zero-order valence-electron chi connectivity index (χ0n) is 10.5. The summed E-state index contributed by atoms with van der Waals surface area (Å²) in [6, 6.07) is 0. The highest BCUT2D eigenvalue weighted by atomic mass is 32.1. The van der Waals surface area contributed by atoms with E-state index in [1.165, 1.54) is 19.3 Å². The molecule has 0 amide bonds. The maximum absolute atomic E-state index is 4.65. The first-order valence-electron chi connectivity index (χ1n) is 6.41. The number of fused-ring (bicyclic) bond motifs is 1. The molecule has 0 radical (unpaired) electrons. The van der Waals surface area contributed by atoms with E-state index in [1.807, 2.05) is 11.4 Å². The van der Waals surface area contributed by atoms with Gasteiger partial charge in [0.2, 0.25) is 4.96 Å². The summed E-state index contributed by atoms with van der Waals surface area (Å²) in [5, 5.41) is 17.4. The molecule has 0 bridgehead atoms. The fraction of sp³-hybridized carbons (Fsp3) is 0.500. The normalized spacial score (nSPS) is 16.1. The first kappa shape index (κ1) is 11.5. The van der Waals surface area contributed by atoms with Gasteiger partial charge in [0, 0.05) is 17.7 Å². The highest BCUT2D eigenvalue weighted by Gasteiger charge is 2.26. The molecule has 0 aromatic carbocycles. The summed E-state index contributed by atoms with van der Waals surface area (Å²) in [6.45, 7) is 2.03. The van der Waals surface area contributed by atoms with Gasteiger partial charge in [-0.25, -0.2) is 4.98 Å². The largest absolute Gasteiger partial charge is 0.246 e. The first-order chi connectivity index (χ1) is 9.29. The fourth-order valence-corrected chi connectivity index (χ4v) is 3.78. The minimum absolute atomic E-state index is 0.562. The van der Waals surface area contributed by atoms with E-state index in [0.29, 0.717) is 5.92 Å². The standard InChI is InChI=1S/C12H13N5S2/c1-7-13-9(6-18-7)5-10-16-17-11(8-3-2-4-8)14-15-12(17)19-10/h6,8H,2-5H2,1H3. The van der Waals surface area contributed by atoms with Crippen molar-refractivity contribution in [3.05, 3.63) is 26.9 Å². The predicted molar refractivity (Wildman–Crippen MR) is 74.9 cm³/mol. The number of hydrogen-bond acceptors (Lipinski definition) is 6. The minimum atomic E-state index is 0.562. The molecule has 0 aliphatic heterocycles. The SMILES string of the molecule is Cc1nc(Cc2nn3c(C4CCC4)nnc3s2)cs1. The molecule has 0 unspecified atom stereocenters. The lowest BCUT2D eigenvalue weighted by molar-refractivity contribution is 0.395. The van der Waals surface area contributed by atoms with E-state index in [2.05, 4.69) is 25.7 Å². The average Bonchev–Trinajstić information content (AvgIpc) is 2.96. The van der Waals surface area contributed by atoms with E-state index in [0.717, 1.165) is 32.9 Å². The topological polar surface area (TPSA) is 56.0 Å². The average molecular weight is 291 g/mol. The molecular formula is C12H13N5S2. The van der Waals surface area contributed by atoms with Gasteiger partial charge in [-0.15, -0.1) is 21.5 Å². The maximum Gasteiger partial charge on any atom is 0.234 e. The van der Waals surface area contributed by atoms with E-state index in [9.17, 15) is 0 Å². The molecule has 0 N–H and O–H groups in total. The molecule has 7 heteroatoms. The van der Waals surface area contributed by atoms with Crippen LogP contribution in [0.2, 0.25) is 0 Å². The van der Waals surface area contributed by atoms with E-state index >= 15 is 0 Å². The van der Waals surface area contributed by atoms with Crippen molar-refractivity contribution in [1.82, 2.24) is 24.8 Å². The van der Waals surface area contributed by atoms with Crippen molar-refractivity contribution in [3.63, 3.8) is 0 Å². The Kier molecular flexibility index (Phi) is 2.63. The van der Waals surface area contributed by atoms with Gasteiger partial charge in [-0.2, -0.15) is 9.61 Å². The Morgan fingerprint density at radius 1 is 1.37 bits per heavy atom. The summed E-state index contributed by atoms with van der Waals surface area (Å²) in [5.41, 5.74) is 1.10. The third-order valence-corrected chi connectivity index (χ3v) is 5.25. The number of aryl methyl sites for hydroxylation is 1. The van der Waals surface area contributed by atoms with Crippen molar-refractivity contribution in [1.29, 1.82) is 0 Å². The zero-order valence-corrected chi connectivity index (χ0v) is 12.2. The van der Waals surface area contributed by atoms with E-state index < -0.39 is 0 Å². The number of nitrogens with zero attached hydrogens (tertiary/aromatic N) is 5. The Morgan fingerprint density at radius 3 is 2.95 bits per heavy atom. The summed E-state index contributed by atoms with van der Waals surface area (Å²) in [5.74, 6) is 1.60. The molecule has 3 aromatic rings. The van der Waals surface area contributed by atoms with Gasteiger partial charge in [0.15, 0.2) is 5.82 Å². The summed E-state index contributed by atoms with van der Waals surface area (Å²) in [6.07, 6.45) is 4.54. The third-order valence-electron chi connectivity index (χ3n) is 3.53. The zero-order chi connectivity index (χ0) is 12.8. The van der Waals surface area contributed by atoms with Crippen LogP contribution in [-0.4, -0.2) is 24.8 Å². The summed E-state index contributed by atoms with van der Waals surface area (Å²) in [7, 11) is 0. The van der Waals surface area contributed by atoms with Crippen LogP contribution >= 0.6 is 22.7 Å². The van der Waals surface area contributed by atoms with Gasteiger partial charge in [-0.3, -0.25) is 0 Å². The molecule has 0 spiro atoms. The smallest absolute Gasteiger partial charge is 0.234 e. The summed E-state index contributed by atoms with van der Waals surface area (Å²) >= 11 is 3.30. The Labute approximate surface area is 118 Å².